The Bertz CT molecular complexity index is 389. The molecule has 0 aromatic carbocycles. The van der Waals surface area contributed by atoms with Crippen LogP contribution in [0.5, 0.6) is 0 Å². The summed E-state index contributed by atoms with van der Waals surface area (Å²) in [4.78, 5) is 15.4. The molecule has 1 fully saturated rings. The summed E-state index contributed by atoms with van der Waals surface area (Å²) >= 11 is 0. The molecule has 17 heavy (non-hydrogen) atoms. The number of anilines is 1. The van der Waals surface area contributed by atoms with E-state index < -0.39 is 0 Å². The maximum absolute atomic E-state index is 11.4. The second-order valence-electron chi connectivity index (χ2n) is 4.02. The number of ether oxygens (including phenoxy) is 1. The lowest BCUT2D eigenvalue weighted by Crippen LogP contribution is -2.21. The van der Waals surface area contributed by atoms with Gasteiger partial charge >= 0.3 is 0 Å². The predicted octanol–water partition coefficient (Wildman–Crippen LogP) is 1.03. The first-order chi connectivity index (χ1) is 8.29. The lowest BCUT2D eigenvalue weighted by atomic mass is 10.2. The number of nitrogens with zero attached hydrogens (tertiary/aromatic N) is 1. The van der Waals surface area contributed by atoms with Crippen molar-refractivity contribution in [2.24, 2.45) is 0 Å². The molecule has 5 nitrogen and oxygen atoms in total. The van der Waals surface area contributed by atoms with Crippen molar-refractivity contribution in [3.63, 3.8) is 0 Å². The van der Waals surface area contributed by atoms with Gasteiger partial charge in [0.15, 0.2) is 0 Å². The largest absolute Gasteiger partial charge is 0.382 e. The van der Waals surface area contributed by atoms with E-state index in [1.54, 1.807) is 19.3 Å². The van der Waals surface area contributed by atoms with E-state index in [2.05, 4.69) is 15.6 Å². The number of hydrogen-bond donors (Lipinski definition) is 2. The van der Waals surface area contributed by atoms with Crippen molar-refractivity contribution in [1.29, 1.82) is 0 Å². The van der Waals surface area contributed by atoms with Crippen molar-refractivity contribution in [2.45, 2.75) is 18.9 Å². The molecule has 1 aliphatic heterocycles. The number of carbonyl (C=O) groups excluding carboxylic acids is 1. The average Bonchev–Trinajstić information content (AvgIpc) is 2.89. The third-order valence-corrected chi connectivity index (χ3v) is 2.78. The summed E-state index contributed by atoms with van der Waals surface area (Å²) in [5, 5.41) is 5.81. The lowest BCUT2D eigenvalue weighted by Gasteiger charge is -2.12. The molecule has 2 rings (SSSR count). The lowest BCUT2D eigenvalue weighted by molar-refractivity contribution is 0.0958. The van der Waals surface area contributed by atoms with E-state index in [9.17, 15) is 4.79 Å². The van der Waals surface area contributed by atoms with Gasteiger partial charge in [0.25, 0.3) is 5.91 Å². The average molecular weight is 235 g/mol. The molecule has 5 heteroatoms. The number of amides is 1. The van der Waals surface area contributed by atoms with E-state index in [-0.39, 0.29) is 12.0 Å². The van der Waals surface area contributed by atoms with Crippen LogP contribution in [0.15, 0.2) is 18.3 Å². The molecule has 0 radical (unpaired) electrons. The standard InChI is InChI=1S/C12H17N3O2/c1-13-12(16)11-7-9(4-5-14-11)15-8-10-3-2-6-17-10/h4-5,7,10H,2-3,6,8H2,1H3,(H,13,16)(H,14,15). The second-order valence-corrected chi connectivity index (χ2v) is 4.02. The second kappa shape index (κ2) is 5.63. The fraction of sp³-hybridized carbons (Fsp3) is 0.500. The van der Waals surface area contributed by atoms with Crippen molar-refractivity contribution < 1.29 is 9.53 Å². The molecule has 0 saturated carbocycles. The fourth-order valence-electron chi connectivity index (χ4n) is 1.83. The molecule has 2 N–H and O–H groups in total. The van der Waals surface area contributed by atoms with Gasteiger partial charge in [-0.2, -0.15) is 0 Å². The van der Waals surface area contributed by atoms with Gasteiger partial charge in [-0.25, -0.2) is 0 Å². The number of hydrogen-bond acceptors (Lipinski definition) is 4. The van der Waals surface area contributed by atoms with E-state index in [4.69, 9.17) is 4.74 Å². The summed E-state index contributed by atoms with van der Waals surface area (Å²) in [6.07, 6.45) is 4.14. The van der Waals surface area contributed by atoms with Gasteiger partial charge in [0.05, 0.1) is 6.10 Å². The Balaban J connectivity index is 1.93. The van der Waals surface area contributed by atoms with Gasteiger partial charge in [-0.15, -0.1) is 0 Å². The topological polar surface area (TPSA) is 63.2 Å². The monoisotopic (exact) mass is 235 g/mol. The van der Waals surface area contributed by atoms with Crippen LogP contribution in [0, 0.1) is 0 Å². The summed E-state index contributed by atoms with van der Waals surface area (Å²) in [5.41, 5.74) is 1.32. The van der Waals surface area contributed by atoms with E-state index in [1.807, 2.05) is 6.07 Å². The van der Waals surface area contributed by atoms with Crippen LogP contribution in [0.4, 0.5) is 5.69 Å². The molecule has 92 valence electrons. The van der Waals surface area contributed by atoms with Crippen molar-refractivity contribution in [1.82, 2.24) is 10.3 Å². The zero-order chi connectivity index (χ0) is 12.1. The molecular formula is C12H17N3O2. The van der Waals surface area contributed by atoms with Crippen LogP contribution in [0.25, 0.3) is 0 Å². The van der Waals surface area contributed by atoms with Gasteiger partial charge in [0.1, 0.15) is 5.69 Å². The maximum Gasteiger partial charge on any atom is 0.269 e. The summed E-state index contributed by atoms with van der Waals surface area (Å²) in [7, 11) is 1.59. The van der Waals surface area contributed by atoms with Crippen LogP contribution in [0.2, 0.25) is 0 Å². The smallest absolute Gasteiger partial charge is 0.269 e. The first-order valence-corrected chi connectivity index (χ1v) is 5.83. The highest BCUT2D eigenvalue weighted by molar-refractivity contribution is 5.92. The van der Waals surface area contributed by atoms with Crippen LogP contribution < -0.4 is 10.6 Å². The Morgan fingerprint density at radius 3 is 3.24 bits per heavy atom. The zero-order valence-electron chi connectivity index (χ0n) is 9.90. The quantitative estimate of drug-likeness (QED) is 0.818. The van der Waals surface area contributed by atoms with Crippen LogP contribution in [-0.4, -0.2) is 37.2 Å². The van der Waals surface area contributed by atoms with Crippen molar-refractivity contribution in [2.75, 3.05) is 25.5 Å². The Kier molecular flexibility index (Phi) is 3.93. The summed E-state index contributed by atoms with van der Waals surface area (Å²) in [6, 6.07) is 3.59. The highest BCUT2D eigenvalue weighted by Crippen LogP contribution is 2.14. The van der Waals surface area contributed by atoms with Crippen LogP contribution in [0.3, 0.4) is 0 Å². The molecule has 0 bridgehead atoms. The maximum atomic E-state index is 11.4. The third-order valence-electron chi connectivity index (χ3n) is 2.78. The van der Waals surface area contributed by atoms with Crippen LogP contribution >= 0.6 is 0 Å². The van der Waals surface area contributed by atoms with Crippen LogP contribution in [-0.2, 0) is 4.74 Å². The SMILES string of the molecule is CNC(=O)c1cc(NCC2CCCO2)ccn1. The molecular weight excluding hydrogens is 218 g/mol. The summed E-state index contributed by atoms with van der Waals surface area (Å²) in [5.74, 6) is -0.175. The highest BCUT2D eigenvalue weighted by atomic mass is 16.5. The number of nitrogens with one attached hydrogen (secondary N) is 2. The molecule has 1 saturated heterocycles. The minimum atomic E-state index is -0.175. The summed E-state index contributed by atoms with van der Waals surface area (Å²) in [6.45, 7) is 1.63. The number of pyridine rings is 1. The first-order valence-electron chi connectivity index (χ1n) is 5.83. The minimum Gasteiger partial charge on any atom is -0.382 e. The normalized spacial score (nSPS) is 19.0. The highest BCUT2D eigenvalue weighted by Gasteiger charge is 2.15. The van der Waals surface area contributed by atoms with E-state index >= 15 is 0 Å². The zero-order valence-corrected chi connectivity index (χ0v) is 9.90. The molecule has 1 aromatic rings. The van der Waals surface area contributed by atoms with Gasteiger partial charge < -0.3 is 15.4 Å². The van der Waals surface area contributed by atoms with Crippen molar-refractivity contribution >= 4 is 11.6 Å². The van der Waals surface area contributed by atoms with E-state index in [1.165, 1.54) is 0 Å². The summed E-state index contributed by atoms with van der Waals surface area (Å²) < 4.78 is 5.52. The molecule has 1 unspecified atom stereocenters. The Morgan fingerprint density at radius 1 is 1.65 bits per heavy atom. The number of aromatic nitrogens is 1. The molecule has 0 aliphatic carbocycles. The molecule has 1 atom stereocenters. The minimum absolute atomic E-state index is 0.175. The van der Waals surface area contributed by atoms with Gasteiger partial charge in [0.2, 0.25) is 0 Å². The van der Waals surface area contributed by atoms with E-state index in [0.29, 0.717) is 5.69 Å². The molecule has 2 heterocycles. The van der Waals surface area contributed by atoms with Gasteiger partial charge in [-0.1, -0.05) is 0 Å². The Hall–Kier alpha value is -1.62. The third kappa shape index (κ3) is 3.17. The van der Waals surface area contributed by atoms with Gasteiger partial charge in [-0.05, 0) is 25.0 Å². The number of carbonyl (C=O) groups is 1. The van der Waals surface area contributed by atoms with Crippen molar-refractivity contribution in [3.8, 4) is 0 Å². The number of rotatable bonds is 4. The Labute approximate surface area is 101 Å². The van der Waals surface area contributed by atoms with Gasteiger partial charge in [-0.3, -0.25) is 9.78 Å². The Morgan fingerprint density at radius 2 is 2.53 bits per heavy atom. The van der Waals surface area contributed by atoms with Crippen LogP contribution in [0.1, 0.15) is 23.3 Å². The predicted molar refractivity (Wildman–Crippen MR) is 65.1 cm³/mol. The van der Waals surface area contributed by atoms with Crippen molar-refractivity contribution in [3.05, 3.63) is 24.0 Å². The molecule has 1 aliphatic rings. The first kappa shape index (κ1) is 11.9. The molecule has 1 aromatic heterocycles. The molecule has 0 spiro atoms. The fourth-order valence-corrected chi connectivity index (χ4v) is 1.83. The van der Waals surface area contributed by atoms with Gasteiger partial charge in [0, 0.05) is 32.1 Å². The molecule has 1 amide bonds. The van der Waals surface area contributed by atoms with E-state index in [0.717, 1.165) is 31.7 Å².